The fraction of sp³-hybridized carbons (Fsp3) is 0.273. The number of nitrogens with zero attached hydrogens (tertiary/aromatic N) is 3. The summed E-state index contributed by atoms with van der Waals surface area (Å²) in [5.41, 5.74) is 4.00. The summed E-state index contributed by atoms with van der Waals surface area (Å²) in [5, 5.41) is 4.39. The van der Waals surface area contributed by atoms with E-state index in [1.54, 1.807) is 6.07 Å². The molecule has 3 aromatic rings. The Kier molecular flexibility index (Phi) is 7.11. The lowest BCUT2D eigenvalue weighted by Crippen LogP contribution is -2.49. The first-order chi connectivity index (χ1) is 14.8. The molecule has 9 heteroatoms. The fourth-order valence-corrected chi connectivity index (χ4v) is 3.64. The van der Waals surface area contributed by atoms with Gasteiger partial charge in [0.05, 0.1) is 17.5 Å². The molecule has 1 aromatic heterocycles. The van der Waals surface area contributed by atoms with E-state index in [4.69, 9.17) is 21.2 Å². The maximum Gasteiger partial charge on any atom is 0.352 e. The Balaban J connectivity index is 1.77. The van der Waals surface area contributed by atoms with Crippen LogP contribution in [-0.4, -0.2) is 29.2 Å². The molecule has 0 bridgehead atoms. The van der Waals surface area contributed by atoms with E-state index in [-0.39, 0.29) is 12.7 Å². The molecule has 4 N–H and O–H groups in total. The van der Waals surface area contributed by atoms with Gasteiger partial charge in [-0.25, -0.2) is 26.5 Å². The fourth-order valence-electron chi connectivity index (χ4n) is 2.96. The number of carbonyl (C=O) groups excluding carboxylic acids is 1. The van der Waals surface area contributed by atoms with Crippen molar-refractivity contribution >= 4 is 23.1 Å². The van der Waals surface area contributed by atoms with Crippen molar-refractivity contribution in [2.45, 2.75) is 33.5 Å². The summed E-state index contributed by atoms with van der Waals surface area (Å²) in [5.74, 6) is 12.3. The quantitative estimate of drug-likeness (QED) is 0.325. The molecule has 0 aliphatic carbocycles. The third kappa shape index (κ3) is 5.52. The Morgan fingerprint density at radius 1 is 1.19 bits per heavy atom. The summed E-state index contributed by atoms with van der Waals surface area (Å²) >= 11 is 1.40. The molecule has 0 fully saturated rings. The zero-order chi connectivity index (χ0) is 22.5. The minimum atomic E-state index is -0.535. The van der Waals surface area contributed by atoms with E-state index >= 15 is 0 Å². The first-order valence-corrected chi connectivity index (χ1v) is 10.7. The van der Waals surface area contributed by atoms with Gasteiger partial charge < -0.3 is 9.47 Å². The van der Waals surface area contributed by atoms with Gasteiger partial charge in [0.25, 0.3) is 5.19 Å². The number of anilines is 1. The zero-order valence-electron chi connectivity index (χ0n) is 18.0. The second kappa shape index (κ2) is 9.78. The number of hydrogen-bond acceptors (Lipinski definition) is 7. The zero-order valence-corrected chi connectivity index (χ0v) is 18.8. The van der Waals surface area contributed by atoms with E-state index in [9.17, 15) is 4.79 Å². The van der Waals surface area contributed by atoms with Gasteiger partial charge >= 0.3 is 6.03 Å². The van der Waals surface area contributed by atoms with Gasteiger partial charge in [0.2, 0.25) is 0 Å². The molecule has 0 saturated heterocycles. The molecule has 1 heterocycles. The number of nitrogens with two attached hydrogens (primary N) is 2. The van der Waals surface area contributed by atoms with Crippen LogP contribution in [0.3, 0.4) is 0 Å². The second-order valence-electron chi connectivity index (χ2n) is 7.32. The van der Waals surface area contributed by atoms with Crippen molar-refractivity contribution in [3.63, 3.8) is 0 Å². The lowest BCUT2D eigenvalue weighted by Gasteiger charge is -2.24. The second-order valence-corrected chi connectivity index (χ2v) is 8.14. The number of benzene rings is 2. The van der Waals surface area contributed by atoms with Gasteiger partial charge in [0, 0.05) is 23.6 Å². The van der Waals surface area contributed by atoms with Crippen LogP contribution in [0.1, 0.15) is 25.0 Å². The van der Waals surface area contributed by atoms with Crippen LogP contribution in [0.4, 0.5) is 10.5 Å². The summed E-state index contributed by atoms with van der Waals surface area (Å²) in [6, 6.07) is 12.8. The molecular formula is C22H27N5O3S. The predicted molar refractivity (Wildman–Crippen MR) is 123 cm³/mol. The first-order valence-electron chi connectivity index (χ1n) is 9.77. The van der Waals surface area contributed by atoms with Crippen LogP contribution in [0.5, 0.6) is 10.9 Å². The van der Waals surface area contributed by atoms with Crippen LogP contribution in [0, 0.1) is 6.92 Å². The Bertz CT molecular complexity index is 1050. The number of amides is 2. The summed E-state index contributed by atoms with van der Waals surface area (Å²) in [6.07, 6.45) is 0.0981. The molecule has 0 saturated carbocycles. The molecular weight excluding hydrogens is 414 g/mol. The highest BCUT2D eigenvalue weighted by Crippen LogP contribution is 2.30. The van der Waals surface area contributed by atoms with Crippen molar-refractivity contribution in [2.75, 3.05) is 12.1 Å². The number of urea groups is 1. The minimum absolute atomic E-state index is 0.0981. The Labute approximate surface area is 185 Å². The van der Waals surface area contributed by atoms with Crippen LogP contribution in [0.25, 0.3) is 11.3 Å². The predicted octanol–water partition coefficient (Wildman–Crippen LogP) is 4.09. The Hall–Kier alpha value is -3.14. The summed E-state index contributed by atoms with van der Waals surface area (Å²) in [6.45, 7) is 6.12. The van der Waals surface area contributed by atoms with Gasteiger partial charge in [0.15, 0.2) is 0 Å². The van der Waals surface area contributed by atoms with Crippen molar-refractivity contribution < 1.29 is 14.3 Å². The molecule has 0 aliphatic rings. The highest BCUT2D eigenvalue weighted by Gasteiger charge is 2.19. The van der Waals surface area contributed by atoms with E-state index in [1.807, 2.05) is 62.5 Å². The van der Waals surface area contributed by atoms with Gasteiger partial charge in [-0.3, -0.25) is 5.01 Å². The average Bonchev–Trinajstić information content (AvgIpc) is 3.20. The first kappa shape index (κ1) is 22.5. The molecule has 2 amide bonds. The highest BCUT2D eigenvalue weighted by molar-refractivity contribution is 7.11. The van der Waals surface area contributed by atoms with E-state index < -0.39 is 6.03 Å². The number of thiazole rings is 1. The van der Waals surface area contributed by atoms with Gasteiger partial charge in [-0.15, -0.1) is 0 Å². The normalized spacial score (nSPS) is 10.8. The molecule has 0 spiro atoms. The molecule has 164 valence electrons. The molecule has 31 heavy (non-hydrogen) atoms. The smallest absolute Gasteiger partial charge is 0.352 e. The molecule has 0 unspecified atom stereocenters. The number of hydrogen-bond donors (Lipinski definition) is 2. The number of aromatic nitrogens is 1. The van der Waals surface area contributed by atoms with Crippen molar-refractivity contribution in [3.05, 3.63) is 59.0 Å². The molecule has 0 radical (unpaired) electrons. The molecule has 0 aliphatic heterocycles. The average molecular weight is 442 g/mol. The van der Waals surface area contributed by atoms with Crippen LogP contribution in [0.15, 0.2) is 47.8 Å². The van der Waals surface area contributed by atoms with E-state index in [0.29, 0.717) is 10.9 Å². The Morgan fingerprint density at radius 3 is 2.65 bits per heavy atom. The SMILES string of the molecule is Cc1cccc(N(N)C(=O)N(C)N)c1COc1nc(-c2cccc(OC(C)C)c2)cs1. The van der Waals surface area contributed by atoms with Gasteiger partial charge in [0.1, 0.15) is 12.4 Å². The van der Waals surface area contributed by atoms with Gasteiger partial charge in [-0.1, -0.05) is 35.6 Å². The summed E-state index contributed by atoms with van der Waals surface area (Å²) in [4.78, 5) is 16.8. The summed E-state index contributed by atoms with van der Waals surface area (Å²) in [7, 11) is 1.44. The number of carbonyl (C=O) groups is 1. The molecule has 2 aromatic carbocycles. The third-order valence-corrected chi connectivity index (χ3v) is 5.23. The minimum Gasteiger partial charge on any atom is -0.491 e. The van der Waals surface area contributed by atoms with Crippen molar-refractivity contribution in [1.29, 1.82) is 0 Å². The summed E-state index contributed by atoms with van der Waals surface area (Å²) < 4.78 is 11.7. The van der Waals surface area contributed by atoms with Crippen LogP contribution in [0.2, 0.25) is 0 Å². The maximum atomic E-state index is 12.2. The third-order valence-electron chi connectivity index (χ3n) is 4.48. The van der Waals surface area contributed by atoms with Crippen molar-refractivity contribution in [3.8, 4) is 22.2 Å². The van der Waals surface area contributed by atoms with Gasteiger partial charge in [-0.05, 0) is 44.5 Å². The number of ether oxygens (including phenoxy) is 2. The number of rotatable bonds is 7. The highest BCUT2D eigenvalue weighted by atomic mass is 32.1. The molecule has 8 nitrogen and oxygen atoms in total. The van der Waals surface area contributed by atoms with Crippen LogP contribution < -0.4 is 26.2 Å². The van der Waals surface area contributed by atoms with Crippen molar-refractivity contribution in [2.24, 2.45) is 11.7 Å². The monoisotopic (exact) mass is 441 g/mol. The Morgan fingerprint density at radius 2 is 1.94 bits per heavy atom. The maximum absolute atomic E-state index is 12.2. The number of aryl methyl sites for hydroxylation is 1. The number of hydrazine groups is 2. The van der Waals surface area contributed by atoms with E-state index in [2.05, 4.69) is 4.98 Å². The largest absolute Gasteiger partial charge is 0.491 e. The van der Waals surface area contributed by atoms with E-state index in [1.165, 1.54) is 18.4 Å². The van der Waals surface area contributed by atoms with Crippen LogP contribution >= 0.6 is 11.3 Å². The van der Waals surface area contributed by atoms with Crippen molar-refractivity contribution in [1.82, 2.24) is 9.99 Å². The van der Waals surface area contributed by atoms with E-state index in [0.717, 1.165) is 38.2 Å². The van der Waals surface area contributed by atoms with Gasteiger partial charge in [-0.2, -0.15) is 0 Å². The lowest BCUT2D eigenvalue weighted by atomic mass is 10.1. The lowest BCUT2D eigenvalue weighted by molar-refractivity contribution is 0.216. The molecule has 3 rings (SSSR count). The topological polar surface area (TPSA) is 107 Å². The van der Waals surface area contributed by atoms with Crippen LogP contribution in [-0.2, 0) is 6.61 Å². The standard InChI is InChI=1S/C22H27N5O3S/c1-14(2)30-17-9-6-8-16(11-17)19-13-31-21(25-19)29-12-18-15(3)7-5-10-20(18)27(24)22(28)26(4)23/h5-11,13-14H,12,23-24H2,1-4H3. The molecule has 0 atom stereocenters.